The number of hydrogen-bond donors (Lipinski definition) is 0. The molecule has 0 saturated heterocycles. The molecular weight excluding hydrogens is 190 g/mol. The number of aromatic nitrogens is 1. The number of benzene rings is 1. The van der Waals surface area contributed by atoms with Crippen molar-refractivity contribution < 1.29 is 0 Å². The van der Waals surface area contributed by atoms with Crippen LogP contribution in [0, 0.1) is 12.8 Å². The molecule has 1 aromatic carbocycles. The third-order valence-electron chi connectivity index (χ3n) is 2.20. The molecule has 0 radical (unpaired) electrons. The van der Waals surface area contributed by atoms with Crippen LogP contribution in [0.5, 0.6) is 0 Å². The van der Waals surface area contributed by atoms with E-state index in [1.165, 1.54) is 10.3 Å². The maximum Gasteiger partial charge on any atom is 0.0907 e. The number of fused-ring (bicyclic) bond motifs is 1. The van der Waals surface area contributed by atoms with Crippen molar-refractivity contribution in [3.05, 3.63) is 28.8 Å². The quantitative estimate of drug-likeness (QED) is 0.726. The summed E-state index contributed by atoms with van der Waals surface area (Å²) in [7, 11) is 0. The van der Waals surface area contributed by atoms with Gasteiger partial charge < -0.3 is 0 Å². The number of hydrogen-bond acceptors (Lipinski definition) is 2. The van der Waals surface area contributed by atoms with Gasteiger partial charge in [0.15, 0.2) is 0 Å². The summed E-state index contributed by atoms with van der Waals surface area (Å²) in [5, 5.41) is 1.15. The van der Waals surface area contributed by atoms with Crippen molar-refractivity contribution in [2.75, 3.05) is 0 Å². The minimum absolute atomic E-state index is 0.715. The Hall–Kier alpha value is -0.890. The van der Waals surface area contributed by atoms with Crippen LogP contribution in [0.25, 0.3) is 10.2 Å². The summed E-state index contributed by atoms with van der Waals surface area (Å²) in [6.45, 7) is 6.56. The highest BCUT2D eigenvalue weighted by molar-refractivity contribution is 7.18. The molecule has 0 unspecified atom stereocenters. The molecule has 1 aromatic heterocycles. The highest BCUT2D eigenvalue weighted by Gasteiger charge is 2.02. The van der Waals surface area contributed by atoms with Crippen LogP contribution in [0.3, 0.4) is 0 Å². The van der Waals surface area contributed by atoms with Gasteiger partial charge in [-0.25, -0.2) is 4.98 Å². The zero-order chi connectivity index (χ0) is 10.1. The summed E-state index contributed by atoms with van der Waals surface area (Å²) in [6.07, 6.45) is 1.15. The molecule has 2 heteroatoms. The van der Waals surface area contributed by atoms with Crippen LogP contribution in [0.1, 0.15) is 24.4 Å². The van der Waals surface area contributed by atoms with E-state index >= 15 is 0 Å². The van der Waals surface area contributed by atoms with E-state index in [-0.39, 0.29) is 0 Å². The summed E-state index contributed by atoms with van der Waals surface area (Å²) in [5.74, 6) is 0.715. The fraction of sp³-hybridized carbons (Fsp3) is 0.417. The lowest BCUT2D eigenvalue weighted by molar-refractivity contribution is 0.648. The summed E-state index contributed by atoms with van der Waals surface area (Å²) in [5.41, 5.74) is 2.56. The van der Waals surface area contributed by atoms with E-state index in [2.05, 4.69) is 44.0 Å². The van der Waals surface area contributed by atoms with Crippen LogP contribution in [0.15, 0.2) is 18.2 Å². The second-order valence-corrected chi connectivity index (χ2v) is 5.37. The average Bonchev–Trinajstić information content (AvgIpc) is 2.42. The number of aryl methyl sites for hydroxylation is 1. The molecule has 1 heterocycles. The van der Waals surface area contributed by atoms with Crippen molar-refractivity contribution in [1.82, 2.24) is 4.98 Å². The Morgan fingerprint density at radius 2 is 2.14 bits per heavy atom. The highest BCUT2D eigenvalue weighted by atomic mass is 32.1. The largest absolute Gasteiger partial charge is 0.242 e. The van der Waals surface area contributed by atoms with Crippen molar-refractivity contribution in [3.63, 3.8) is 0 Å². The Morgan fingerprint density at radius 1 is 1.36 bits per heavy atom. The Kier molecular flexibility index (Phi) is 2.55. The summed E-state index contributed by atoms with van der Waals surface area (Å²) in [4.78, 5) is 4.50. The summed E-state index contributed by atoms with van der Waals surface area (Å²) >= 11 is 1.77. The molecule has 2 rings (SSSR count). The van der Waals surface area contributed by atoms with Crippen LogP contribution < -0.4 is 0 Å². The van der Waals surface area contributed by atoms with Crippen LogP contribution in [-0.2, 0) is 6.42 Å². The molecule has 0 aliphatic carbocycles. The van der Waals surface area contributed by atoms with Gasteiger partial charge in [0.05, 0.1) is 15.2 Å². The van der Waals surface area contributed by atoms with E-state index in [4.69, 9.17) is 0 Å². The van der Waals surface area contributed by atoms with Gasteiger partial charge in [-0.15, -0.1) is 11.3 Å². The lowest BCUT2D eigenvalue weighted by Gasteiger charge is -2.03. The maximum atomic E-state index is 4.50. The van der Waals surface area contributed by atoms with E-state index in [1.807, 2.05) is 0 Å². The Balaban J connectivity index is 2.40. The number of nitrogens with zero attached hydrogens (tertiary/aromatic N) is 1. The molecule has 0 aliphatic heterocycles. The second kappa shape index (κ2) is 3.70. The van der Waals surface area contributed by atoms with Crippen LogP contribution in [-0.4, -0.2) is 4.98 Å². The molecule has 0 atom stereocenters. The van der Waals surface area contributed by atoms with Gasteiger partial charge in [0.2, 0.25) is 0 Å². The van der Waals surface area contributed by atoms with Gasteiger partial charge in [-0.05, 0) is 37.0 Å². The molecule has 0 saturated carbocycles. The van der Waals surface area contributed by atoms with E-state index in [0.717, 1.165) is 16.9 Å². The molecular formula is C12H15NS. The van der Waals surface area contributed by atoms with Crippen LogP contribution in [0.2, 0.25) is 0 Å². The third kappa shape index (κ3) is 1.95. The molecule has 74 valence electrons. The SMILES string of the molecule is Cc1nc2cc(CC(C)C)ccc2s1. The standard InChI is InChI=1S/C12H15NS/c1-8(2)6-10-4-5-12-11(7-10)13-9(3)14-12/h4-5,7-8H,6H2,1-3H3. The van der Waals surface area contributed by atoms with Gasteiger partial charge in [-0.1, -0.05) is 19.9 Å². The first kappa shape index (κ1) is 9.66. The molecule has 0 bridgehead atoms. The molecule has 0 amide bonds. The molecule has 0 fully saturated rings. The minimum Gasteiger partial charge on any atom is -0.242 e. The molecule has 0 N–H and O–H groups in total. The van der Waals surface area contributed by atoms with Crippen molar-refractivity contribution in [2.24, 2.45) is 5.92 Å². The normalized spacial score (nSPS) is 11.4. The van der Waals surface area contributed by atoms with E-state index < -0.39 is 0 Å². The van der Waals surface area contributed by atoms with Crippen molar-refractivity contribution in [3.8, 4) is 0 Å². The zero-order valence-corrected chi connectivity index (χ0v) is 9.69. The second-order valence-electron chi connectivity index (χ2n) is 4.13. The van der Waals surface area contributed by atoms with Gasteiger partial charge in [-0.2, -0.15) is 0 Å². The Morgan fingerprint density at radius 3 is 2.86 bits per heavy atom. The van der Waals surface area contributed by atoms with Crippen molar-refractivity contribution in [2.45, 2.75) is 27.2 Å². The predicted octanol–water partition coefficient (Wildman–Crippen LogP) is 3.80. The van der Waals surface area contributed by atoms with Crippen molar-refractivity contribution >= 4 is 21.6 Å². The van der Waals surface area contributed by atoms with Gasteiger partial charge in [-0.3, -0.25) is 0 Å². The first-order valence-corrected chi connectivity index (χ1v) is 5.83. The lowest BCUT2D eigenvalue weighted by atomic mass is 10.0. The first-order chi connectivity index (χ1) is 6.65. The third-order valence-corrected chi connectivity index (χ3v) is 3.15. The van der Waals surface area contributed by atoms with Gasteiger partial charge in [0.1, 0.15) is 0 Å². The average molecular weight is 205 g/mol. The Labute approximate surface area is 88.8 Å². The monoisotopic (exact) mass is 205 g/mol. The fourth-order valence-electron chi connectivity index (χ4n) is 1.69. The van der Waals surface area contributed by atoms with Gasteiger partial charge in [0.25, 0.3) is 0 Å². The molecule has 2 aromatic rings. The maximum absolute atomic E-state index is 4.50. The molecule has 1 nitrogen and oxygen atoms in total. The van der Waals surface area contributed by atoms with Crippen molar-refractivity contribution in [1.29, 1.82) is 0 Å². The minimum atomic E-state index is 0.715. The molecule has 0 spiro atoms. The zero-order valence-electron chi connectivity index (χ0n) is 8.87. The van der Waals surface area contributed by atoms with Gasteiger partial charge >= 0.3 is 0 Å². The lowest BCUT2D eigenvalue weighted by Crippen LogP contribution is -1.93. The highest BCUT2D eigenvalue weighted by Crippen LogP contribution is 2.23. The Bertz CT molecular complexity index is 443. The van der Waals surface area contributed by atoms with Crippen LogP contribution >= 0.6 is 11.3 Å². The smallest absolute Gasteiger partial charge is 0.0907 e. The first-order valence-electron chi connectivity index (χ1n) is 5.01. The topological polar surface area (TPSA) is 12.9 Å². The fourth-order valence-corrected chi connectivity index (χ4v) is 2.49. The van der Waals surface area contributed by atoms with E-state index in [0.29, 0.717) is 5.92 Å². The van der Waals surface area contributed by atoms with E-state index in [9.17, 15) is 0 Å². The summed E-state index contributed by atoms with van der Waals surface area (Å²) < 4.78 is 1.30. The molecule has 0 aliphatic rings. The predicted molar refractivity (Wildman–Crippen MR) is 62.9 cm³/mol. The number of rotatable bonds is 2. The van der Waals surface area contributed by atoms with Gasteiger partial charge in [0, 0.05) is 0 Å². The van der Waals surface area contributed by atoms with E-state index in [1.54, 1.807) is 11.3 Å². The summed E-state index contributed by atoms with van der Waals surface area (Å²) in [6, 6.07) is 6.64. The number of thiazole rings is 1. The van der Waals surface area contributed by atoms with Crippen LogP contribution in [0.4, 0.5) is 0 Å². The molecule has 14 heavy (non-hydrogen) atoms.